The summed E-state index contributed by atoms with van der Waals surface area (Å²) in [6.07, 6.45) is -4.18. The second-order valence-electron chi connectivity index (χ2n) is 2.31. The Morgan fingerprint density at radius 1 is 1.09 bits per heavy atom. The van der Waals surface area contributed by atoms with Gasteiger partial charge in [-0.15, -0.1) is 0 Å². The Morgan fingerprint density at radius 3 is 2.00 bits per heavy atom. The standard InChI is InChI=1S/C7H7F3Si/c8-7(9,10)5-3-1-2-4-6(5)11/h1-4H,11H3. The van der Waals surface area contributed by atoms with Gasteiger partial charge in [0.25, 0.3) is 0 Å². The van der Waals surface area contributed by atoms with E-state index in [1.807, 2.05) is 0 Å². The molecule has 0 nitrogen and oxygen atoms in total. The van der Waals surface area contributed by atoms with E-state index in [-0.39, 0.29) is 0 Å². The topological polar surface area (TPSA) is 0 Å². The molecule has 0 bridgehead atoms. The van der Waals surface area contributed by atoms with E-state index in [4.69, 9.17) is 0 Å². The number of hydrogen-bond acceptors (Lipinski definition) is 0. The van der Waals surface area contributed by atoms with Crippen molar-refractivity contribution in [3.8, 4) is 0 Å². The molecule has 1 rings (SSSR count). The molecular weight excluding hydrogens is 169 g/mol. The van der Waals surface area contributed by atoms with Crippen LogP contribution in [-0.2, 0) is 6.18 Å². The van der Waals surface area contributed by atoms with E-state index in [0.29, 0.717) is 15.4 Å². The number of hydrogen-bond donors (Lipinski definition) is 0. The van der Waals surface area contributed by atoms with Crippen LogP contribution in [0.1, 0.15) is 5.56 Å². The number of rotatable bonds is 0. The zero-order valence-corrected chi connectivity index (χ0v) is 7.94. The molecule has 0 radical (unpaired) electrons. The van der Waals surface area contributed by atoms with Crippen molar-refractivity contribution >= 4 is 15.4 Å². The molecule has 11 heavy (non-hydrogen) atoms. The highest BCUT2D eigenvalue weighted by atomic mass is 28.1. The molecule has 0 fully saturated rings. The Morgan fingerprint density at radius 2 is 1.64 bits per heavy atom. The van der Waals surface area contributed by atoms with Crippen LogP contribution in [0, 0.1) is 0 Å². The molecule has 4 heteroatoms. The fraction of sp³-hybridized carbons (Fsp3) is 0.143. The maximum atomic E-state index is 12.1. The molecule has 0 amide bonds. The average Bonchev–Trinajstić information content (AvgIpc) is 1.86. The predicted octanol–water partition coefficient (Wildman–Crippen LogP) is 0.696. The molecule has 0 aliphatic rings. The van der Waals surface area contributed by atoms with Gasteiger partial charge in [-0.3, -0.25) is 0 Å². The molecule has 0 heterocycles. The summed E-state index contributed by atoms with van der Waals surface area (Å²) in [6, 6.07) is 5.65. The molecule has 0 spiro atoms. The highest BCUT2D eigenvalue weighted by Gasteiger charge is 2.31. The summed E-state index contributed by atoms with van der Waals surface area (Å²) < 4.78 is 36.2. The minimum atomic E-state index is -4.18. The van der Waals surface area contributed by atoms with Gasteiger partial charge in [-0.05, 0) is 0 Å². The molecule has 0 aliphatic heterocycles. The summed E-state index contributed by atoms with van der Waals surface area (Å²) in [5, 5.41) is 0.403. The van der Waals surface area contributed by atoms with Crippen molar-refractivity contribution in [2.45, 2.75) is 6.18 Å². The molecular formula is C7H7F3Si. The number of alkyl halides is 3. The van der Waals surface area contributed by atoms with E-state index in [9.17, 15) is 13.2 Å². The number of benzene rings is 1. The van der Waals surface area contributed by atoms with Gasteiger partial charge in [0.15, 0.2) is 0 Å². The Hall–Kier alpha value is -0.773. The smallest absolute Gasteiger partial charge is 0.166 e. The fourth-order valence-electron chi connectivity index (χ4n) is 0.891. The van der Waals surface area contributed by atoms with Crippen molar-refractivity contribution in [2.24, 2.45) is 0 Å². The highest BCUT2D eigenvalue weighted by Crippen LogP contribution is 2.26. The van der Waals surface area contributed by atoms with Crippen molar-refractivity contribution in [1.82, 2.24) is 0 Å². The monoisotopic (exact) mass is 176 g/mol. The molecule has 0 aromatic heterocycles. The van der Waals surface area contributed by atoms with Gasteiger partial charge in [-0.25, -0.2) is 0 Å². The number of halogens is 3. The van der Waals surface area contributed by atoms with Gasteiger partial charge in [0.2, 0.25) is 0 Å². The van der Waals surface area contributed by atoms with Crippen LogP contribution in [0.25, 0.3) is 0 Å². The van der Waals surface area contributed by atoms with Crippen LogP contribution in [0.5, 0.6) is 0 Å². The quantitative estimate of drug-likeness (QED) is 0.510. The third-order valence-electron chi connectivity index (χ3n) is 1.45. The van der Waals surface area contributed by atoms with Gasteiger partial charge in [0, 0.05) is 10.2 Å². The first kappa shape index (κ1) is 8.32. The lowest BCUT2D eigenvalue weighted by Gasteiger charge is -2.08. The SMILES string of the molecule is FC(F)(F)c1ccccc1[SiH3]. The summed E-state index contributed by atoms with van der Waals surface area (Å²) in [6.45, 7) is 0. The lowest BCUT2D eigenvalue weighted by Crippen LogP contribution is -2.18. The summed E-state index contributed by atoms with van der Waals surface area (Å²) in [5.74, 6) is 0. The van der Waals surface area contributed by atoms with Crippen molar-refractivity contribution in [2.75, 3.05) is 0 Å². The van der Waals surface area contributed by atoms with Gasteiger partial charge in [0.05, 0.1) is 5.56 Å². The summed E-state index contributed by atoms with van der Waals surface area (Å²) in [4.78, 5) is 0. The summed E-state index contributed by atoms with van der Waals surface area (Å²) in [7, 11) is 0.436. The molecule has 1 aromatic rings. The van der Waals surface area contributed by atoms with Crippen molar-refractivity contribution in [3.05, 3.63) is 29.8 Å². The Balaban J connectivity index is 3.14. The van der Waals surface area contributed by atoms with Gasteiger partial charge in [-0.1, -0.05) is 29.5 Å². The second kappa shape index (κ2) is 2.69. The van der Waals surface area contributed by atoms with Crippen molar-refractivity contribution in [1.29, 1.82) is 0 Å². The second-order valence-corrected chi connectivity index (χ2v) is 3.39. The summed E-state index contributed by atoms with van der Waals surface area (Å²) in [5.41, 5.74) is -0.494. The van der Waals surface area contributed by atoms with Gasteiger partial charge in [0.1, 0.15) is 0 Å². The Bertz CT molecular complexity index is 254. The van der Waals surface area contributed by atoms with Gasteiger partial charge >= 0.3 is 6.18 Å². The van der Waals surface area contributed by atoms with Crippen molar-refractivity contribution in [3.63, 3.8) is 0 Å². The van der Waals surface area contributed by atoms with E-state index in [1.165, 1.54) is 12.1 Å². The van der Waals surface area contributed by atoms with Crippen LogP contribution in [-0.4, -0.2) is 10.2 Å². The fourth-order valence-corrected chi connectivity index (χ4v) is 1.53. The first-order chi connectivity index (χ1) is 5.02. The molecule has 1 aromatic carbocycles. The molecule has 0 unspecified atom stereocenters. The van der Waals surface area contributed by atoms with E-state index >= 15 is 0 Å². The third-order valence-corrected chi connectivity index (χ3v) is 2.32. The van der Waals surface area contributed by atoms with E-state index in [2.05, 4.69) is 0 Å². The zero-order valence-electron chi connectivity index (χ0n) is 5.94. The lowest BCUT2D eigenvalue weighted by atomic mass is 10.2. The molecule has 0 saturated carbocycles. The Labute approximate surface area is 65.5 Å². The molecule has 0 saturated heterocycles. The first-order valence-electron chi connectivity index (χ1n) is 3.14. The summed E-state index contributed by atoms with van der Waals surface area (Å²) >= 11 is 0. The van der Waals surface area contributed by atoms with Crippen LogP contribution in [0.15, 0.2) is 24.3 Å². The predicted molar refractivity (Wildman–Crippen MR) is 41.0 cm³/mol. The maximum absolute atomic E-state index is 12.1. The molecule has 60 valence electrons. The van der Waals surface area contributed by atoms with E-state index < -0.39 is 11.7 Å². The van der Waals surface area contributed by atoms with E-state index in [0.717, 1.165) is 6.07 Å². The third kappa shape index (κ3) is 1.83. The van der Waals surface area contributed by atoms with Crippen LogP contribution >= 0.6 is 0 Å². The lowest BCUT2D eigenvalue weighted by molar-refractivity contribution is -0.136. The van der Waals surface area contributed by atoms with Crippen LogP contribution in [0.2, 0.25) is 0 Å². The van der Waals surface area contributed by atoms with Crippen molar-refractivity contribution < 1.29 is 13.2 Å². The Kier molecular flexibility index (Phi) is 2.04. The highest BCUT2D eigenvalue weighted by molar-refractivity contribution is 6.33. The maximum Gasteiger partial charge on any atom is 0.416 e. The minimum absolute atomic E-state index is 0.403. The molecule has 0 atom stereocenters. The van der Waals surface area contributed by atoms with Gasteiger partial charge in [-0.2, -0.15) is 13.2 Å². The molecule has 0 N–H and O–H groups in total. The van der Waals surface area contributed by atoms with Crippen LogP contribution in [0.4, 0.5) is 13.2 Å². The molecule has 0 aliphatic carbocycles. The zero-order chi connectivity index (χ0) is 8.48. The van der Waals surface area contributed by atoms with E-state index in [1.54, 1.807) is 6.07 Å². The van der Waals surface area contributed by atoms with Crippen LogP contribution in [0.3, 0.4) is 0 Å². The normalized spacial score (nSPS) is 11.9. The first-order valence-corrected chi connectivity index (χ1v) is 4.14. The average molecular weight is 176 g/mol. The minimum Gasteiger partial charge on any atom is -0.166 e. The van der Waals surface area contributed by atoms with Gasteiger partial charge < -0.3 is 0 Å². The van der Waals surface area contributed by atoms with Crippen LogP contribution < -0.4 is 5.19 Å². The largest absolute Gasteiger partial charge is 0.416 e.